The number of carbonyl (C=O) groups is 1. The number of piperidine rings is 1. The van der Waals surface area contributed by atoms with E-state index in [1.54, 1.807) is 0 Å². The standard InChI is InChI=1S/C21H25N3O2/c1-2-3-12-21(22-23-21)13-11-20(25)24-14-7-10-18-17(24)15-19(26-18)16-8-5-4-6-9-16/h1,4-6,8-9,17-19H,3,7,10-15H2/t17-,18-,19-/m1/s1. The van der Waals surface area contributed by atoms with Gasteiger partial charge in [-0.25, -0.2) is 0 Å². The Kier molecular flexibility index (Phi) is 4.78. The van der Waals surface area contributed by atoms with Gasteiger partial charge in [-0.2, -0.15) is 10.2 Å². The maximum Gasteiger partial charge on any atom is 0.223 e. The molecule has 3 atom stereocenters. The largest absolute Gasteiger partial charge is 0.368 e. The molecule has 1 aromatic rings. The van der Waals surface area contributed by atoms with Crippen LogP contribution < -0.4 is 0 Å². The number of likely N-dealkylation sites (tertiary alicyclic amines) is 1. The Morgan fingerprint density at radius 1 is 1.31 bits per heavy atom. The fourth-order valence-electron chi connectivity index (χ4n) is 4.26. The second-order valence-electron chi connectivity index (χ2n) is 7.49. The van der Waals surface area contributed by atoms with Gasteiger partial charge in [-0.15, -0.1) is 12.3 Å². The smallest absolute Gasteiger partial charge is 0.223 e. The van der Waals surface area contributed by atoms with Crippen molar-refractivity contribution >= 4 is 5.91 Å². The zero-order valence-electron chi connectivity index (χ0n) is 15.0. The Morgan fingerprint density at radius 3 is 2.85 bits per heavy atom. The molecule has 2 saturated heterocycles. The van der Waals surface area contributed by atoms with E-state index >= 15 is 0 Å². The van der Waals surface area contributed by atoms with Gasteiger partial charge in [-0.05, 0) is 18.4 Å². The van der Waals surface area contributed by atoms with E-state index in [1.807, 2.05) is 23.1 Å². The molecule has 0 spiro atoms. The predicted octanol–water partition coefficient (Wildman–Crippen LogP) is 3.86. The van der Waals surface area contributed by atoms with Gasteiger partial charge in [0.25, 0.3) is 0 Å². The van der Waals surface area contributed by atoms with Crippen molar-refractivity contribution in [2.45, 2.75) is 68.9 Å². The van der Waals surface area contributed by atoms with Gasteiger partial charge in [-0.1, -0.05) is 30.3 Å². The molecule has 0 aliphatic carbocycles. The van der Waals surface area contributed by atoms with Crippen molar-refractivity contribution in [1.29, 1.82) is 0 Å². The Morgan fingerprint density at radius 2 is 2.12 bits per heavy atom. The van der Waals surface area contributed by atoms with E-state index in [9.17, 15) is 4.79 Å². The van der Waals surface area contributed by atoms with Crippen LogP contribution in [0.25, 0.3) is 0 Å². The number of amides is 1. The third-order valence-electron chi connectivity index (χ3n) is 5.80. The lowest BCUT2D eigenvalue weighted by Gasteiger charge is -2.36. The molecule has 5 nitrogen and oxygen atoms in total. The minimum atomic E-state index is -0.379. The topological polar surface area (TPSA) is 54.3 Å². The van der Waals surface area contributed by atoms with E-state index in [4.69, 9.17) is 11.2 Å². The minimum absolute atomic E-state index is 0.0926. The number of benzene rings is 1. The summed E-state index contributed by atoms with van der Waals surface area (Å²) in [5, 5.41) is 8.28. The van der Waals surface area contributed by atoms with Gasteiger partial charge in [0.05, 0.1) is 18.2 Å². The maximum atomic E-state index is 12.9. The third kappa shape index (κ3) is 3.52. The molecule has 1 amide bonds. The molecule has 2 fully saturated rings. The summed E-state index contributed by atoms with van der Waals surface area (Å²) in [7, 11) is 0. The molecule has 1 aromatic carbocycles. The average molecular weight is 351 g/mol. The number of rotatable bonds is 6. The van der Waals surface area contributed by atoms with Crippen LogP contribution in [0.15, 0.2) is 40.6 Å². The number of hydrogen-bond donors (Lipinski definition) is 0. The van der Waals surface area contributed by atoms with Crippen LogP contribution in [0, 0.1) is 12.3 Å². The number of nitrogens with zero attached hydrogens (tertiary/aromatic N) is 3. The molecule has 0 saturated carbocycles. The number of carbonyl (C=O) groups excluding carboxylic acids is 1. The van der Waals surface area contributed by atoms with Crippen molar-refractivity contribution in [3.05, 3.63) is 35.9 Å². The van der Waals surface area contributed by atoms with E-state index in [2.05, 4.69) is 28.3 Å². The summed E-state index contributed by atoms with van der Waals surface area (Å²) in [6.07, 6.45) is 11.1. The van der Waals surface area contributed by atoms with E-state index in [0.29, 0.717) is 19.3 Å². The predicted molar refractivity (Wildman–Crippen MR) is 98.3 cm³/mol. The summed E-state index contributed by atoms with van der Waals surface area (Å²) in [5.41, 5.74) is 0.828. The fourth-order valence-corrected chi connectivity index (χ4v) is 4.26. The van der Waals surface area contributed by atoms with Gasteiger partial charge in [0.15, 0.2) is 5.66 Å². The van der Waals surface area contributed by atoms with Crippen molar-refractivity contribution in [1.82, 2.24) is 4.90 Å². The Hall–Kier alpha value is -2.19. The van der Waals surface area contributed by atoms with E-state index in [0.717, 1.165) is 32.2 Å². The lowest BCUT2D eigenvalue weighted by molar-refractivity contribution is -0.137. The van der Waals surface area contributed by atoms with Crippen molar-refractivity contribution in [3.8, 4) is 12.3 Å². The fraction of sp³-hybridized carbons (Fsp3) is 0.571. The lowest BCUT2D eigenvalue weighted by Crippen LogP contribution is -2.48. The average Bonchev–Trinajstić information content (AvgIpc) is 3.32. The molecule has 0 radical (unpaired) electrons. The molecule has 3 aliphatic rings. The summed E-state index contributed by atoms with van der Waals surface area (Å²) in [4.78, 5) is 14.9. The molecular formula is C21H25N3O2. The number of terminal acetylenes is 1. The Labute approximate surface area is 154 Å². The van der Waals surface area contributed by atoms with Crippen molar-refractivity contribution in [3.63, 3.8) is 0 Å². The first-order chi connectivity index (χ1) is 12.7. The summed E-state index contributed by atoms with van der Waals surface area (Å²) in [6.45, 7) is 0.830. The van der Waals surface area contributed by atoms with Crippen LogP contribution in [-0.4, -0.2) is 35.2 Å². The quantitative estimate of drug-likeness (QED) is 0.731. The van der Waals surface area contributed by atoms with Gasteiger partial charge in [0.1, 0.15) is 0 Å². The monoisotopic (exact) mass is 351 g/mol. The molecule has 0 unspecified atom stereocenters. The van der Waals surface area contributed by atoms with Crippen LogP contribution in [-0.2, 0) is 9.53 Å². The number of fused-ring (bicyclic) bond motifs is 1. The van der Waals surface area contributed by atoms with Gasteiger partial charge in [0.2, 0.25) is 5.91 Å². The van der Waals surface area contributed by atoms with Crippen LogP contribution in [0.2, 0.25) is 0 Å². The van der Waals surface area contributed by atoms with Crippen molar-refractivity contribution in [2.75, 3.05) is 6.54 Å². The zero-order valence-corrected chi connectivity index (χ0v) is 15.0. The Balaban J connectivity index is 1.36. The molecule has 0 bridgehead atoms. The molecule has 5 heteroatoms. The van der Waals surface area contributed by atoms with E-state index in [-0.39, 0.29) is 29.8 Å². The molecule has 26 heavy (non-hydrogen) atoms. The number of ether oxygens (including phenoxy) is 1. The summed E-state index contributed by atoms with van der Waals surface area (Å²) in [6, 6.07) is 10.5. The molecule has 0 aromatic heterocycles. The van der Waals surface area contributed by atoms with Gasteiger partial charge in [0, 0.05) is 38.6 Å². The second kappa shape index (κ2) is 7.20. The molecule has 4 rings (SSSR count). The maximum absolute atomic E-state index is 12.9. The van der Waals surface area contributed by atoms with Gasteiger partial charge >= 0.3 is 0 Å². The van der Waals surface area contributed by atoms with Crippen LogP contribution in [0.1, 0.15) is 56.6 Å². The highest BCUT2D eigenvalue weighted by molar-refractivity contribution is 5.77. The van der Waals surface area contributed by atoms with Crippen molar-refractivity contribution in [2.24, 2.45) is 10.2 Å². The van der Waals surface area contributed by atoms with Crippen LogP contribution >= 0.6 is 0 Å². The SMILES string of the molecule is C#CCCC1(CCC(=O)N2CCC[C@H]3O[C@@H](c4ccccc4)C[C@H]32)N=N1. The molecule has 136 valence electrons. The first kappa shape index (κ1) is 17.2. The summed E-state index contributed by atoms with van der Waals surface area (Å²) in [5.74, 6) is 2.84. The first-order valence-corrected chi connectivity index (χ1v) is 9.58. The van der Waals surface area contributed by atoms with E-state index < -0.39 is 0 Å². The Bertz CT molecular complexity index is 719. The van der Waals surface area contributed by atoms with Gasteiger partial charge in [-0.3, -0.25) is 4.79 Å². The minimum Gasteiger partial charge on any atom is -0.368 e. The van der Waals surface area contributed by atoms with Crippen LogP contribution in [0.4, 0.5) is 0 Å². The lowest BCUT2D eigenvalue weighted by atomic mass is 9.94. The van der Waals surface area contributed by atoms with Crippen LogP contribution in [0.5, 0.6) is 0 Å². The summed E-state index contributed by atoms with van der Waals surface area (Å²) >= 11 is 0. The zero-order chi connectivity index (χ0) is 18.0. The molecule has 3 heterocycles. The normalized spacial score (nSPS) is 28.4. The number of hydrogen-bond acceptors (Lipinski definition) is 4. The van der Waals surface area contributed by atoms with Crippen molar-refractivity contribution < 1.29 is 9.53 Å². The highest BCUT2D eigenvalue weighted by atomic mass is 16.5. The molecular weight excluding hydrogens is 326 g/mol. The van der Waals surface area contributed by atoms with E-state index in [1.165, 1.54) is 5.56 Å². The van der Waals surface area contributed by atoms with Crippen LogP contribution in [0.3, 0.4) is 0 Å². The molecule has 0 N–H and O–H groups in total. The third-order valence-corrected chi connectivity index (χ3v) is 5.80. The second-order valence-corrected chi connectivity index (χ2v) is 7.49. The highest BCUT2D eigenvalue weighted by Gasteiger charge is 2.44. The summed E-state index contributed by atoms with van der Waals surface area (Å²) < 4.78 is 6.29. The molecule has 3 aliphatic heterocycles. The first-order valence-electron chi connectivity index (χ1n) is 9.58. The highest BCUT2D eigenvalue weighted by Crippen LogP contribution is 2.41. The van der Waals surface area contributed by atoms with Gasteiger partial charge < -0.3 is 9.64 Å².